The van der Waals surface area contributed by atoms with Crippen molar-refractivity contribution < 1.29 is 23.8 Å². The molecular weight excluding hydrogens is 442 g/mol. The van der Waals surface area contributed by atoms with Gasteiger partial charge in [0.05, 0.1) is 20.3 Å². The minimum Gasteiger partial charge on any atom is -0.497 e. The molecular formula is C29H29NO5. The van der Waals surface area contributed by atoms with Crippen LogP contribution in [0.4, 0.5) is 17.1 Å². The molecule has 6 nitrogen and oxygen atoms in total. The highest BCUT2D eigenvalue weighted by Gasteiger charge is 2.13. The van der Waals surface area contributed by atoms with Crippen LogP contribution in [0.25, 0.3) is 0 Å². The van der Waals surface area contributed by atoms with Crippen molar-refractivity contribution in [3.63, 3.8) is 0 Å². The second-order valence-corrected chi connectivity index (χ2v) is 7.58. The van der Waals surface area contributed by atoms with Crippen molar-refractivity contribution >= 4 is 28.8 Å². The highest BCUT2D eigenvalue weighted by Crippen LogP contribution is 2.36. The molecule has 3 aromatic rings. The molecule has 0 amide bonds. The Labute approximate surface area is 206 Å². The van der Waals surface area contributed by atoms with E-state index in [2.05, 4.69) is 18.1 Å². The van der Waals surface area contributed by atoms with E-state index >= 15 is 0 Å². The zero-order valence-electron chi connectivity index (χ0n) is 19.8. The Morgan fingerprint density at radius 1 is 0.771 bits per heavy atom. The molecule has 0 bridgehead atoms. The number of carbonyl (C=O) groups is 2. The molecule has 3 aromatic carbocycles. The van der Waals surface area contributed by atoms with E-state index in [4.69, 9.17) is 14.2 Å². The molecule has 0 unspecified atom stereocenters. The topological polar surface area (TPSA) is 65.1 Å². The van der Waals surface area contributed by atoms with Gasteiger partial charge in [0, 0.05) is 36.0 Å². The summed E-state index contributed by atoms with van der Waals surface area (Å²) in [5, 5.41) is 0. The summed E-state index contributed by atoms with van der Waals surface area (Å²) in [5.74, 6) is 0.988. The van der Waals surface area contributed by atoms with Crippen LogP contribution in [-0.2, 0) is 20.7 Å². The zero-order chi connectivity index (χ0) is 25.0. The van der Waals surface area contributed by atoms with Crippen LogP contribution in [0.2, 0.25) is 0 Å². The van der Waals surface area contributed by atoms with E-state index < -0.39 is 5.97 Å². The minimum absolute atomic E-state index is 0.0467. The summed E-state index contributed by atoms with van der Waals surface area (Å²) in [5.41, 5.74) is 3.92. The van der Waals surface area contributed by atoms with Crippen LogP contribution < -0.4 is 14.4 Å². The van der Waals surface area contributed by atoms with Crippen LogP contribution in [-0.4, -0.2) is 32.1 Å². The van der Waals surface area contributed by atoms with Gasteiger partial charge in [0.25, 0.3) is 0 Å². The van der Waals surface area contributed by atoms with E-state index in [1.54, 1.807) is 7.11 Å². The van der Waals surface area contributed by atoms with Gasteiger partial charge in [-0.25, -0.2) is 4.79 Å². The fourth-order valence-electron chi connectivity index (χ4n) is 3.38. The molecule has 0 saturated carbocycles. The molecule has 0 radical (unpaired) electrons. The van der Waals surface area contributed by atoms with Crippen molar-refractivity contribution in [2.75, 3.05) is 25.2 Å². The molecule has 0 aliphatic rings. The van der Waals surface area contributed by atoms with Gasteiger partial charge in [-0.05, 0) is 72.3 Å². The van der Waals surface area contributed by atoms with Gasteiger partial charge in [0.2, 0.25) is 0 Å². The number of rotatable bonds is 13. The van der Waals surface area contributed by atoms with Crippen LogP contribution in [0.1, 0.15) is 12.0 Å². The molecule has 0 atom stereocenters. The average Bonchev–Trinajstić information content (AvgIpc) is 2.90. The maximum absolute atomic E-state index is 11.4. The minimum atomic E-state index is -0.424. The third-order valence-electron chi connectivity index (χ3n) is 5.27. The van der Waals surface area contributed by atoms with E-state index in [0.29, 0.717) is 31.8 Å². The monoisotopic (exact) mass is 471 g/mol. The zero-order valence-corrected chi connectivity index (χ0v) is 19.8. The Hall–Kier alpha value is -4.32. The maximum atomic E-state index is 11.4. The van der Waals surface area contributed by atoms with Crippen LogP contribution in [0.3, 0.4) is 0 Å². The number of hydrogen-bond acceptors (Lipinski definition) is 6. The molecule has 180 valence electrons. The second-order valence-electron chi connectivity index (χ2n) is 7.58. The van der Waals surface area contributed by atoms with Gasteiger partial charge >= 0.3 is 5.97 Å². The molecule has 3 rings (SSSR count). The summed E-state index contributed by atoms with van der Waals surface area (Å²) in [6.45, 7) is 7.48. The largest absolute Gasteiger partial charge is 0.497 e. The lowest BCUT2D eigenvalue weighted by Crippen LogP contribution is -2.10. The van der Waals surface area contributed by atoms with Crippen LogP contribution in [0.5, 0.6) is 11.5 Å². The van der Waals surface area contributed by atoms with Crippen molar-refractivity contribution in [3.05, 3.63) is 104 Å². The SMILES string of the molecule is C=CC(=O)CCOc1ccc(N(c2ccc(CCOC(=O)C=C)cc2)c2ccc(OC)cc2)cc1. The third kappa shape index (κ3) is 7.33. The van der Waals surface area contributed by atoms with E-state index in [1.807, 2.05) is 72.8 Å². The summed E-state index contributed by atoms with van der Waals surface area (Å²) in [7, 11) is 1.64. The van der Waals surface area contributed by atoms with Gasteiger partial charge < -0.3 is 19.1 Å². The lowest BCUT2D eigenvalue weighted by Gasteiger charge is -2.26. The van der Waals surface area contributed by atoms with Crippen LogP contribution in [0, 0.1) is 0 Å². The molecule has 0 N–H and O–H groups in total. The fraction of sp³-hybridized carbons (Fsp3) is 0.172. The Bertz CT molecular complexity index is 1070. The molecule has 0 aliphatic heterocycles. The highest BCUT2D eigenvalue weighted by molar-refractivity contribution is 5.89. The average molecular weight is 472 g/mol. The number of esters is 1. The lowest BCUT2D eigenvalue weighted by atomic mass is 10.1. The number of hydrogen-bond donors (Lipinski definition) is 0. The number of carbonyl (C=O) groups excluding carboxylic acids is 2. The molecule has 0 aromatic heterocycles. The standard InChI is InChI=1S/C29H29NO5/c1-4-26(31)19-21-34-28-16-12-25(13-17-28)30(24-10-14-27(33-3)15-11-24)23-8-6-22(7-9-23)18-20-35-29(32)5-2/h4-17H,1-2,18-21H2,3H3. The fourth-order valence-corrected chi connectivity index (χ4v) is 3.38. The first kappa shape index (κ1) is 25.3. The molecule has 0 aliphatic carbocycles. The first-order chi connectivity index (χ1) is 17.0. The second kappa shape index (κ2) is 12.8. The predicted molar refractivity (Wildman–Crippen MR) is 138 cm³/mol. The number of methoxy groups -OCH3 is 1. The number of allylic oxidation sites excluding steroid dienone is 1. The summed E-state index contributed by atoms with van der Waals surface area (Å²) >= 11 is 0. The summed E-state index contributed by atoms with van der Waals surface area (Å²) in [6, 6.07) is 23.6. The molecule has 0 heterocycles. The van der Waals surface area contributed by atoms with Gasteiger partial charge in [-0.1, -0.05) is 25.3 Å². The van der Waals surface area contributed by atoms with Gasteiger partial charge in [-0.2, -0.15) is 0 Å². The number of benzene rings is 3. The van der Waals surface area contributed by atoms with Gasteiger partial charge in [0.15, 0.2) is 5.78 Å². The van der Waals surface area contributed by atoms with Crippen molar-refractivity contribution in [1.82, 2.24) is 0 Å². The Kier molecular flexibility index (Phi) is 9.25. The van der Waals surface area contributed by atoms with Crippen molar-refractivity contribution in [2.24, 2.45) is 0 Å². The number of ether oxygens (including phenoxy) is 3. The Morgan fingerprint density at radius 3 is 1.83 bits per heavy atom. The Balaban J connectivity index is 1.80. The van der Waals surface area contributed by atoms with E-state index in [9.17, 15) is 9.59 Å². The highest BCUT2D eigenvalue weighted by atomic mass is 16.5. The normalized spacial score (nSPS) is 10.2. The van der Waals surface area contributed by atoms with Gasteiger partial charge in [-0.15, -0.1) is 0 Å². The van der Waals surface area contributed by atoms with Gasteiger partial charge in [-0.3, -0.25) is 4.79 Å². The maximum Gasteiger partial charge on any atom is 0.330 e. The van der Waals surface area contributed by atoms with E-state index in [0.717, 1.165) is 34.5 Å². The molecule has 0 fully saturated rings. The summed E-state index contributed by atoms with van der Waals surface area (Å²) < 4.78 is 16.1. The van der Waals surface area contributed by atoms with Gasteiger partial charge in [0.1, 0.15) is 11.5 Å². The molecule has 35 heavy (non-hydrogen) atoms. The summed E-state index contributed by atoms with van der Waals surface area (Å²) in [6.07, 6.45) is 3.37. The van der Waals surface area contributed by atoms with Crippen LogP contribution >= 0.6 is 0 Å². The van der Waals surface area contributed by atoms with E-state index in [-0.39, 0.29) is 5.78 Å². The first-order valence-corrected chi connectivity index (χ1v) is 11.2. The van der Waals surface area contributed by atoms with Crippen molar-refractivity contribution in [3.8, 4) is 11.5 Å². The van der Waals surface area contributed by atoms with E-state index in [1.165, 1.54) is 6.08 Å². The molecule has 0 spiro atoms. The number of ketones is 1. The third-order valence-corrected chi connectivity index (χ3v) is 5.27. The Morgan fingerprint density at radius 2 is 1.31 bits per heavy atom. The summed E-state index contributed by atoms with van der Waals surface area (Å²) in [4.78, 5) is 24.8. The van der Waals surface area contributed by atoms with Crippen LogP contribution in [0.15, 0.2) is 98.1 Å². The molecule has 6 heteroatoms. The first-order valence-electron chi connectivity index (χ1n) is 11.2. The number of nitrogens with zero attached hydrogens (tertiary/aromatic N) is 1. The number of anilines is 3. The predicted octanol–water partition coefficient (Wildman–Crippen LogP) is 5.96. The van der Waals surface area contributed by atoms with Crippen molar-refractivity contribution in [2.45, 2.75) is 12.8 Å². The van der Waals surface area contributed by atoms with Crippen molar-refractivity contribution in [1.29, 1.82) is 0 Å². The molecule has 0 saturated heterocycles. The quantitative estimate of drug-likeness (QED) is 0.226. The smallest absolute Gasteiger partial charge is 0.330 e. The lowest BCUT2D eigenvalue weighted by molar-refractivity contribution is -0.137.